The molecule has 2 N–H and O–H groups in total. The molecule has 1 saturated heterocycles. The van der Waals surface area contributed by atoms with Crippen molar-refractivity contribution < 1.29 is 13.9 Å². The van der Waals surface area contributed by atoms with Gasteiger partial charge in [-0.1, -0.05) is 54.6 Å². The fourth-order valence-electron chi connectivity index (χ4n) is 3.68. The van der Waals surface area contributed by atoms with Crippen LogP contribution >= 0.6 is 0 Å². The van der Waals surface area contributed by atoms with Gasteiger partial charge in [0.05, 0.1) is 25.5 Å². The van der Waals surface area contributed by atoms with E-state index in [9.17, 15) is 0 Å². The molecule has 33 heavy (non-hydrogen) atoms. The molecule has 2 aromatic carbocycles. The van der Waals surface area contributed by atoms with Crippen molar-refractivity contribution in [1.82, 2.24) is 10.6 Å². The third-order valence-electron chi connectivity index (χ3n) is 5.64. The van der Waals surface area contributed by atoms with Crippen molar-refractivity contribution in [2.24, 2.45) is 4.99 Å². The topological polar surface area (TPSA) is 68.0 Å². The lowest BCUT2D eigenvalue weighted by atomic mass is 10.1. The largest absolute Gasteiger partial charge is 0.469 e. The lowest BCUT2D eigenvalue weighted by Crippen LogP contribution is -2.38. The van der Waals surface area contributed by atoms with E-state index in [4.69, 9.17) is 18.9 Å². The molecule has 6 nitrogen and oxygen atoms in total. The third-order valence-corrected chi connectivity index (χ3v) is 5.64. The van der Waals surface area contributed by atoms with Gasteiger partial charge < -0.3 is 24.5 Å². The lowest BCUT2D eigenvalue weighted by molar-refractivity contribution is -0.0390. The Morgan fingerprint density at radius 2 is 1.67 bits per heavy atom. The van der Waals surface area contributed by atoms with Crippen molar-refractivity contribution in [2.75, 3.05) is 19.8 Å². The number of furan rings is 1. The van der Waals surface area contributed by atoms with Gasteiger partial charge in [-0.2, -0.15) is 0 Å². The van der Waals surface area contributed by atoms with Crippen LogP contribution < -0.4 is 10.6 Å². The highest BCUT2D eigenvalue weighted by Crippen LogP contribution is 2.14. The molecule has 3 aromatic rings. The summed E-state index contributed by atoms with van der Waals surface area (Å²) in [5, 5.41) is 6.87. The van der Waals surface area contributed by atoms with E-state index in [1.54, 1.807) is 6.26 Å². The maximum atomic E-state index is 6.02. The van der Waals surface area contributed by atoms with E-state index in [0.29, 0.717) is 25.8 Å². The Kier molecular flexibility index (Phi) is 8.97. The smallest absolute Gasteiger partial charge is 0.191 e. The number of nitrogens with zero attached hydrogens (tertiary/aromatic N) is 1. The highest BCUT2D eigenvalue weighted by Gasteiger charge is 2.13. The summed E-state index contributed by atoms with van der Waals surface area (Å²) >= 11 is 0. The van der Waals surface area contributed by atoms with Gasteiger partial charge in [-0.15, -0.1) is 0 Å². The van der Waals surface area contributed by atoms with Crippen molar-refractivity contribution in [3.05, 3.63) is 95.4 Å². The number of nitrogens with one attached hydrogen (secondary N) is 2. The first-order valence-corrected chi connectivity index (χ1v) is 11.7. The number of rotatable bonds is 10. The molecule has 1 aliphatic heterocycles. The van der Waals surface area contributed by atoms with Gasteiger partial charge in [-0.3, -0.25) is 0 Å². The average Bonchev–Trinajstić information content (AvgIpc) is 3.39. The van der Waals surface area contributed by atoms with Crippen molar-refractivity contribution in [1.29, 1.82) is 0 Å². The number of hydrogen-bond donors (Lipinski definition) is 2. The molecule has 174 valence electrons. The Bertz CT molecular complexity index is 950. The minimum atomic E-state index is 0.315. The maximum absolute atomic E-state index is 6.02. The van der Waals surface area contributed by atoms with E-state index in [-0.39, 0.29) is 0 Å². The quantitative estimate of drug-likeness (QED) is 0.355. The summed E-state index contributed by atoms with van der Waals surface area (Å²) in [7, 11) is 0. The zero-order valence-electron chi connectivity index (χ0n) is 19.0. The molecule has 0 radical (unpaired) electrons. The van der Waals surface area contributed by atoms with Crippen molar-refractivity contribution >= 4 is 5.96 Å². The standard InChI is InChI=1S/C27H33N3O3/c1-2-5-22(6-3-1)19-29-27(28-15-12-25-7-4-16-32-25)30-20-23-8-10-24(11-9-23)21-33-26-13-17-31-18-14-26/h1-11,16,26H,12-15,17-21H2,(H2,28,29,30). The third kappa shape index (κ3) is 8.08. The number of ether oxygens (including phenoxy) is 2. The van der Waals surface area contributed by atoms with Gasteiger partial charge in [0.15, 0.2) is 5.96 Å². The summed E-state index contributed by atoms with van der Waals surface area (Å²) in [5.74, 6) is 1.75. The second-order valence-corrected chi connectivity index (χ2v) is 8.20. The molecular formula is C27H33N3O3. The van der Waals surface area contributed by atoms with E-state index in [1.807, 2.05) is 30.3 Å². The van der Waals surface area contributed by atoms with Crippen LogP contribution in [0.2, 0.25) is 0 Å². The van der Waals surface area contributed by atoms with Gasteiger partial charge in [0.2, 0.25) is 0 Å². The molecule has 4 rings (SSSR count). The normalized spacial score (nSPS) is 14.8. The second kappa shape index (κ2) is 12.8. The van der Waals surface area contributed by atoms with Gasteiger partial charge in [-0.05, 0) is 41.7 Å². The predicted molar refractivity (Wildman–Crippen MR) is 130 cm³/mol. The highest BCUT2D eigenvalue weighted by molar-refractivity contribution is 5.79. The van der Waals surface area contributed by atoms with Crippen LogP contribution in [-0.4, -0.2) is 31.8 Å². The van der Waals surface area contributed by atoms with E-state index in [1.165, 1.54) is 16.7 Å². The number of guanidine groups is 1. The minimum Gasteiger partial charge on any atom is -0.469 e. The molecule has 0 amide bonds. The minimum absolute atomic E-state index is 0.315. The number of aliphatic imine (C=N–C) groups is 1. The van der Waals surface area contributed by atoms with Crippen LogP contribution in [-0.2, 0) is 35.6 Å². The van der Waals surface area contributed by atoms with Gasteiger partial charge in [0, 0.05) is 32.7 Å². The second-order valence-electron chi connectivity index (χ2n) is 8.20. The van der Waals surface area contributed by atoms with Gasteiger partial charge >= 0.3 is 0 Å². The van der Waals surface area contributed by atoms with Crippen LogP contribution in [0.4, 0.5) is 0 Å². The van der Waals surface area contributed by atoms with Crippen LogP contribution in [0.15, 0.2) is 82.4 Å². The summed E-state index contributed by atoms with van der Waals surface area (Å²) in [6.07, 6.45) is 4.80. The van der Waals surface area contributed by atoms with E-state index >= 15 is 0 Å². The molecule has 1 aromatic heterocycles. The Morgan fingerprint density at radius 1 is 0.879 bits per heavy atom. The number of benzene rings is 2. The zero-order chi connectivity index (χ0) is 22.6. The molecule has 1 fully saturated rings. The fourth-order valence-corrected chi connectivity index (χ4v) is 3.68. The fraction of sp³-hybridized carbons (Fsp3) is 0.370. The highest BCUT2D eigenvalue weighted by atomic mass is 16.5. The zero-order valence-corrected chi connectivity index (χ0v) is 19.0. The molecule has 0 unspecified atom stereocenters. The monoisotopic (exact) mass is 447 g/mol. The molecule has 6 heteroatoms. The summed E-state index contributed by atoms with van der Waals surface area (Å²) in [5.41, 5.74) is 3.57. The summed E-state index contributed by atoms with van der Waals surface area (Å²) in [4.78, 5) is 4.76. The van der Waals surface area contributed by atoms with E-state index < -0.39 is 0 Å². The predicted octanol–water partition coefficient (Wildman–Crippen LogP) is 4.45. The summed E-state index contributed by atoms with van der Waals surface area (Å²) in [6.45, 7) is 4.33. The molecule has 0 bridgehead atoms. The molecular weight excluding hydrogens is 414 g/mol. The Labute approximate surface area is 196 Å². The van der Waals surface area contributed by atoms with Crippen molar-refractivity contribution in [2.45, 2.75) is 45.1 Å². The molecule has 0 spiro atoms. The van der Waals surface area contributed by atoms with Gasteiger partial charge in [-0.25, -0.2) is 4.99 Å². The van der Waals surface area contributed by atoms with Gasteiger partial charge in [0.25, 0.3) is 0 Å². The Hall–Kier alpha value is -3.09. The first-order valence-electron chi connectivity index (χ1n) is 11.7. The SMILES string of the molecule is c1ccc(CN=C(NCCc2ccco2)NCc2ccc(COC3CCOCC3)cc2)cc1. The summed E-state index contributed by atoms with van der Waals surface area (Å²) in [6, 6.07) is 22.7. The van der Waals surface area contributed by atoms with Crippen molar-refractivity contribution in [3.8, 4) is 0 Å². The van der Waals surface area contributed by atoms with Crippen LogP contribution in [0.1, 0.15) is 35.3 Å². The van der Waals surface area contributed by atoms with Crippen LogP contribution in [0, 0.1) is 0 Å². The number of hydrogen-bond acceptors (Lipinski definition) is 4. The Morgan fingerprint density at radius 3 is 2.42 bits per heavy atom. The lowest BCUT2D eigenvalue weighted by Gasteiger charge is -2.22. The van der Waals surface area contributed by atoms with Crippen molar-refractivity contribution in [3.63, 3.8) is 0 Å². The van der Waals surface area contributed by atoms with Gasteiger partial charge in [0.1, 0.15) is 5.76 Å². The van der Waals surface area contributed by atoms with E-state index in [2.05, 4.69) is 47.0 Å². The van der Waals surface area contributed by atoms with Crippen LogP contribution in [0.3, 0.4) is 0 Å². The van der Waals surface area contributed by atoms with Crippen LogP contribution in [0.5, 0.6) is 0 Å². The first-order chi connectivity index (χ1) is 16.3. The van der Waals surface area contributed by atoms with Crippen LogP contribution in [0.25, 0.3) is 0 Å². The molecule has 1 aliphatic rings. The van der Waals surface area contributed by atoms with E-state index in [0.717, 1.165) is 50.7 Å². The Balaban J connectivity index is 1.28. The average molecular weight is 448 g/mol. The molecule has 0 aliphatic carbocycles. The molecule has 0 saturated carbocycles. The first kappa shape index (κ1) is 23.1. The summed E-state index contributed by atoms with van der Waals surface area (Å²) < 4.78 is 16.8. The molecule has 0 atom stereocenters. The molecule has 2 heterocycles. The maximum Gasteiger partial charge on any atom is 0.191 e.